The Labute approximate surface area is 187 Å². The van der Waals surface area contributed by atoms with Crippen LogP contribution in [0.15, 0.2) is 42.5 Å². The number of aliphatic carboxylic acids is 1. The fourth-order valence-electron chi connectivity index (χ4n) is 4.79. The smallest absolute Gasteiger partial charge is 0.308 e. The fraction of sp³-hybridized carbons (Fsp3) is 0.440. The van der Waals surface area contributed by atoms with E-state index in [0.29, 0.717) is 31.0 Å². The zero-order chi connectivity index (χ0) is 22.7. The molecule has 0 bridgehead atoms. The molecule has 2 unspecified atom stereocenters. The molecule has 2 heterocycles. The number of hydrogen-bond donors (Lipinski definition) is 2. The van der Waals surface area contributed by atoms with Crippen LogP contribution in [0.3, 0.4) is 0 Å². The van der Waals surface area contributed by atoms with Crippen LogP contribution in [0.25, 0.3) is 0 Å². The maximum Gasteiger partial charge on any atom is 0.308 e. The summed E-state index contributed by atoms with van der Waals surface area (Å²) in [5.41, 5.74) is 2.26. The number of rotatable bonds is 5. The van der Waals surface area contributed by atoms with Gasteiger partial charge in [0.1, 0.15) is 5.82 Å². The molecule has 32 heavy (non-hydrogen) atoms. The molecule has 7 heteroatoms. The molecule has 1 amide bonds. The summed E-state index contributed by atoms with van der Waals surface area (Å²) in [4.78, 5) is 27.0. The lowest BCUT2D eigenvalue weighted by Crippen LogP contribution is -2.45. The number of hydrogen-bond acceptors (Lipinski definition) is 4. The Morgan fingerprint density at radius 2 is 1.81 bits per heavy atom. The largest absolute Gasteiger partial charge is 0.481 e. The maximum absolute atomic E-state index is 14.5. The number of likely N-dealkylation sites (tertiary alicyclic amines) is 1. The molecular formula is C25H29FN2O4. The summed E-state index contributed by atoms with van der Waals surface area (Å²) in [5, 5.41) is 13.4. The third kappa shape index (κ3) is 4.63. The van der Waals surface area contributed by atoms with Crippen LogP contribution in [-0.4, -0.2) is 47.7 Å². The highest BCUT2D eigenvalue weighted by atomic mass is 19.1. The quantitative estimate of drug-likeness (QED) is 0.720. The molecule has 2 aromatic carbocycles. The van der Waals surface area contributed by atoms with Crippen molar-refractivity contribution in [1.82, 2.24) is 4.90 Å². The first-order chi connectivity index (χ1) is 15.5. The molecule has 2 aromatic rings. The van der Waals surface area contributed by atoms with E-state index in [0.717, 1.165) is 37.3 Å². The summed E-state index contributed by atoms with van der Waals surface area (Å²) >= 11 is 0. The predicted octanol–water partition coefficient (Wildman–Crippen LogP) is 4.40. The number of carbonyl (C=O) groups excluding carboxylic acids is 1. The zero-order valence-corrected chi connectivity index (χ0v) is 18.2. The fourth-order valence-corrected chi connectivity index (χ4v) is 4.79. The SMILES string of the molecule is Cc1cccc(F)c1C(=O)N1CCCC(C(=O)O)C1c1ccc(NC2CCOCC2)cc1. The van der Waals surface area contributed by atoms with Crippen LogP contribution in [-0.2, 0) is 9.53 Å². The molecule has 4 rings (SSSR count). The van der Waals surface area contributed by atoms with Crippen LogP contribution in [0, 0.1) is 18.7 Å². The number of nitrogens with one attached hydrogen (secondary N) is 1. The van der Waals surface area contributed by atoms with Crippen molar-refractivity contribution < 1.29 is 23.8 Å². The number of benzene rings is 2. The van der Waals surface area contributed by atoms with Crippen molar-refractivity contribution in [3.63, 3.8) is 0 Å². The Morgan fingerprint density at radius 3 is 2.47 bits per heavy atom. The third-order valence-corrected chi connectivity index (χ3v) is 6.49. The number of nitrogens with zero attached hydrogens (tertiary/aromatic N) is 1. The standard InChI is InChI=1S/C25H29FN2O4/c1-16-4-2-6-21(26)22(16)24(29)28-13-3-5-20(25(30)31)23(28)17-7-9-18(10-8-17)27-19-11-14-32-15-12-19/h2,4,6-10,19-20,23,27H,3,5,11-15H2,1H3,(H,30,31). The normalized spacial score (nSPS) is 21.9. The van der Waals surface area contributed by atoms with Gasteiger partial charge in [0.25, 0.3) is 5.91 Å². The molecule has 2 aliphatic heterocycles. The highest BCUT2D eigenvalue weighted by Crippen LogP contribution is 2.38. The van der Waals surface area contributed by atoms with Crippen LogP contribution < -0.4 is 5.32 Å². The summed E-state index contributed by atoms with van der Waals surface area (Å²) in [5.74, 6) is -2.72. The Bertz CT molecular complexity index is 952. The number of anilines is 1. The van der Waals surface area contributed by atoms with Crippen molar-refractivity contribution in [2.24, 2.45) is 5.92 Å². The van der Waals surface area contributed by atoms with Gasteiger partial charge in [-0.05, 0) is 61.9 Å². The molecule has 170 valence electrons. The van der Waals surface area contributed by atoms with Gasteiger partial charge in [-0.3, -0.25) is 9.59 Å². The molecule has 2 saturated heterocycles. The Balaban J connectivity index is 1.62. The lowest BCUT2D eigenvalue weighted by atomic mass is 9.84. The van der Waals surface area contributed by atoms with Gasteiger partial charge in [-0.15, -0.1) is 0 Å². The number of aryl methyl sites for hydroxylation is 1. The minimum atomic E-state index is -0.942. The molecule has 0 aromatic heterocycles. The van der Waals surface area contributed by atoms with Crippen LogP contribution in [0.2, 0.25) is 0 Å². The van der Waals surface area contributed by atoms with Crippen molar-refractivity contribution in [2.75, 3.05) is 25.1 Å². The van der Waals surface area contributed by atoms with Crippen molar-refractivity contribution in [3.8, 4) is 0 Å². The van der Waals surface area contributed by atoms with E-state index >= 15 is 0 Å². The Morgan fingerprint density at radius 1 is 1.09 bits per heavy atom. The molecule has 2 fully saturated rings. The monoisotopic (exact) mass is 440 g/mol. The van der Waals surface area contributed by atoms with E-state index in [9.17, 15) is 19.1 Å². The van der Waals surface area contributed by atoms with Gasteiger partial charge in [-0.25, -0.2) is 4.39 Å². The maximum atomic E-state index is 14.5. The second kappa shape index (κ2) is 9.69. The van der Waals surface area contributed by atoms with E-state index in [1.54, 1.807) is 19.1 Å². The average molecular weight is 441 g/mol. The van der Waals surface area contributed by atoms with E-state index in [2.05, 4.69) is 5.32 Å². The van der Waals surface area contributed by atoms with E-state index < -0.39 is 29.7 Å². The first kappa shape index (κ1) is 22.3. The van der Waals surface area contributed by atoms with Crippen LogP contribution >= 0.6 is 0 Å². The Kier molecular flexibility index (Phi) is 6.74. The molecule has 6 nitrogen and oxygen atoms in total. The summed E-state index contributed by atoms with van der Waals surface area (Å²) < 4.78 is 19.9. The van der Waals surface area contributed by atoms with E-state index in [1.165, 1.54) is 11.0 Å². The van der Waals surface area contributed by atoms with Gasteiger partial charge in [0, 0.05) is 31.5 Å². The van der Waals surface area contributed by atoms with Crippen molar-refractivity contribution in [3.05, 3.63) is 65.0 Å². The van der Waals surface area contributed by atoms with Crippen molar-refractivity contribution >= 4 is 17.6 Å². The van der Waals surface area contributed by atoms with Gasteiger partial charge in [0.15, 0.2) is 0 Å². The molecule has 0 spiro atoms. The molecule has 2 atom stereocenters. The lowest BCUT2D eigenvalue weighted by molar-refractivity contribution is -0.145. The van der Waals surface area contributed by atoms with Gasteiger partial charge in [0.05, 0.1) is 17.5 Å². The van der Waals surface area contributed by atoms with Gasteiger partial charge >= 0.3 is 5.97 Å². The number of carbonyl (C=O) groups is 2. The van der Waals surface area contributed by atoms with Gasteiger partial charge < -0.3 is 20.1 Å². The third-order valence-electron chi connectivity index (χ3n) is 6.49. The number of ether oxygens (including phenoxy) is 1. The van der Waals surface area contributed by atoms with E-state index in [1.807, 2.05) is 24.3 Å². The van der Waals surface area contributed by atoms with Crippen LogP contribution in [0.4, 0.5) is 10.1 Å². The summed E-state index contributed by atoms with van der Waals surface area (Å²) in [6.45, 7) is 3.57. The molecule has 0 saturated carbocycles. The first-order valence-corrected chi connectivity index (χ1v) is 11.2. The van der Waals surface area contributed by atoms with Crippen molar-refractivity contribution in [1.29, 1.82) is 0 Å². The summed E-state index contributed by atoms with van der Waals surface area (Å²) in [6, 6.07) is 11.8. The summed E-state index contributed by atoms with van der Waals surface area (Å²) in [7, 11) is 0. The number of halogens is 1. The second-order valence-electron chi connectivity index (χ2n) is 8.62. The number of amides is 1. The molecule has 2 N–H and O–H groups in total. The summed E-state index contributed by atoms with van der Waals surface area (Å²) in [6.07, 6.45) is 2.92. The second-order valence-corrected chi connectivity index (χ2v) is 8.62. The highest BCUT2D eigenvalue weighted by molar-refractivity contribution is 5.96. The number of carboxylic acids is 1. The van der Waals surface area contributed by atoms with Crippen LogP contribution in [0.1, 0.15) is 53.2 Å². The zero-order valence-electron chi connectivity index (χ0n) is 18.2. The van der Waals surface area contributed by atoms with E-state index in [-0.39, 0.29) is 5.56 Å². The van der Waals surface area contributed by atoms with E-state index in [4.69, 9.17) is 4.74 Å². The van der Waals surface area contributed by atoms with Crippen LogP contribution in [0.5, 0.6) is 0 Å². The Hall–Kier alpha value is -2.93. The number of piperidine rings is 1. The predicted molar refractivity (Wildman–Crippen MR) is 119 cm³/mol. The minimum absolute atomic E-state index is 0.0151. The number of carboxylic acid groups (broad SMARTS) is 1. The molecule has 0 radical (unpaired) electrons. The minimum Gasteiger partial charge on any atom is -0.481 e. The van der Waals surface area contributed by atoms with Crippen molar-refractivity contribution in [2.45, 2.75) is 44.7 Å². The average Bonchev–Trinajstić information content (AvgIpc) is 2.79. The topological polar surface area (TPSA) is 78.9 Å². The molecule has 0 aliphatic carbocycles. The highest BCUT2D eigenvalue weighted by Gasteiger charge is 2.40. The van der Waals surface area contributed by atoms with Gasteiger partial charge in [0.2, 0.25) is 0 Å². The van der Waals surface area contributed by atoms with Gasteiger partial charge in [-0.2, -0.15) is 0 Å². The first-order valence-electron chi connectivity index (χ1n) is 11.2. The van der Waals surface area contributed by atoms with Gasteiger partial charge in [-0.1, -0.05) is 24.3 Å². The molecule has 2 aliphatic rings. The molecular weight excluding hydrogens is 411 g/mol. The lowest BCUT2D eigenvalue weighted by Gasteiger charge is -2.40.